The van der Waals surface area contributed by atoms with Gasteiger partial charge in [-0.05, 0) is 36.5 Å². The molecule has 0 saturated heterocycles. The van der Waals surface area contributed by atoms with Crippen molar-refractivity contribution in [2.24, 2.45) is 0 Å². The lowest BCUT2D eigenvalue weighted by atomic mass is 10.1. The van der Waals surface area contributed by atoms with Crippen LogP contribution in [0.25, 0.3) is 5.65 Å². The van der Waals surface area contributed by atoms with Crippen molar-refractivity contribution in [1.29, 1.82) is 0 Å². The fourth-order valence-electron chi connectivity index (χ4n) is 3.15. The number of alkyl halides is 3. The predicted molar refractivity (Wildman–Crippen MR) is 96.3 cm³/mol. The largest absolute Gasteiger partial charge is 0.464 e. The molecule has 28 heavy (non-hydrogen) atoms. The Hall–Kier alpha value is -2.81. The maximum absolute atomic E-state index is 12.7. The van der Waals surface area contributed by atoms with Crippen molar-refractivity contribution in [3.63, 3.8) is 0 Å². The van der Waals surface area contributed by atoms with Crippen molar-refractivity contribution < 1.29 is 23.1 Å². The normalized spacial score (nSPS) is 14.4. The van der Waals surface area contributed by atoms with Crippen LogP contribution in [0.5, 0.6) is 0 Å². The molecule has 3 aromatic rings. The second-order valence-electron chi connectivity index (χ2n) is 6.63. The standard InChI is InChI=1S/C18H14ClF3N4O2/c19-14-7-15(26-16(24-14)13(9-23-26)11-4-5-11)25(17(27)28)12-3-1-2-10(6-12)8-18(20,21)22/h1-3,6-7,9,11H,4-5,8H2,(H,27,28). The van der Waals surface area contributed by atoms with Gasteiger partial charge in [-0.1, -0.05) is 23.7 Å². The van der Waals surface area contributed by atoms with Crippen LogP contribution in [0.3, 0.4) is 0 Å². The van der Waals surface area contributed by atoms with Gasteiger partial charge in [0.2, 0.25) is 0 Å². The van der Waals surface area contributed by atoms with Gasteiger partial charge in [-0.2, -0.15) is 22.8 Å². The van der Waals surface area contributed by atoms with Crippen molar-refractivity contribution in [2.45, 2.75) is 31.4 Å². The maximum atomic E-state index is 12.7. The summed E-state index contributed by atoms with van der Waals surface area (Å²) in [4.78, 5) is 17.1. The highest BCUT2D eigenvalue weighted by atomic mass is 35.5. The van der Waals surface area contributed by atoms with Crippen LogP contribution in [-0.4, -0.2) is 32.0 Å². The van der Waals surface area contributed by atoms with Crippen molar-refractivity contribution >= 4 is 34.8 Å². The molecule has 1 saturated carbocycles. The first-order valence-corrected chi connectivity index (χ1v) is 8.83. The third-order valence-electron chi connectivity index (χ3n) is 4.46. The molecule has 1 N–H and O–H groups in total. The lowest BCUT2D eigenvalue weighted by Gasteiger charge is -2.21. The summed E-state index contributed by atoms with van der Waals surface area (Å²) >= 11 is 6.11. The van der Waals surface area contributed by atoms with Crippen LogP contribution < -0.4 is 4.90 Å². The molecular formula is C18H14ClF3N4O2. The minimum atomic E-state index is -4.40. The molecule has 0 atom stereocenters. The maximum Gasteiger partial charge on any atom is 0.417 e. The number of nitrogens with zero attached hydrogens (tertiary/aromatic N) is 4. The Labute approximate surface area is 162 Å². The molecule has 2 aromatic heterocycles. The first-order valence-electron chi connectivity index (χ1n) is 8.46. The Morgan fingerprint density at radius 1 is 1.32 bits per heavy atom. The summed E-state index contributed by atoms with van der Waals surface area (Å²) in [7, 11) is 0. The van der Waals surface area contributed by atoms with Crippen LogP contribution >= 0.6 is 11.6 Å². The minimum Gasteiger partial charge on any atom is -0.464 e. The summed E-state index contributed by atoms with van der Waals surface area (Å²) in [5, 5.41) is 14.1. The molecule has 1 aliphatic carbocycles. The van der Waals surface area contributed by atoms with Gasteiger partial charge >= 0.3 is 12.3 Å². The average molecular weight is 411 g/mol. The average Bonchev–Trinajstić information content (AvgIpc) is 3.33. The number of aromatic nitrogens is 3. The SMILES string of the molecule is O=C(O)N(c1cccc(CC(F)(F)F)c1)c1cc(Cl)nc2c(C3CC3)cnn12. The molecule has 1 aromatic carbocycles. The smallest absolute Gasteiger partial charge is 0.417 e. The van der Waals surface area contributed by atoms with Crippen LogP contribution in [0.4, 0.5) is 29.5 Å². The molecule has 10 heteroatoms. The first kappa shape index (κ1) is 18.5. The number of carboxylic acid groups (broad SMARTS) is 1. The molecule has 146 valence electrons. The van der Waals surface area contributed by atoms with E-state index in [2.05, 4.69) is 10.1 Å². The zero-order chi connectivity index (χ0) is 20.1. The molecule has 0 radical (unpaired) electrons. The van der Waals surface area contributed by atoms with Crippen molar-refractivity contribution in [1.82, 2.24) is 14.6 Å². The van der Waals surface area contributed by atoms with Gasteiger partial charge in [-0.25, -0.2) is 14.7 Å². The number of hydrogen-bond acceptors (Lipinski definition) is 3. The van der Waals surface area contributed by atoms with Gasteiger partial charge in [0.15, 0.2) is 5.65 Å². The van der Waals surface area contributed by atoms with Crippen molar-refractivity contribution in [3.05, 3.63) is 52.8 Å². The molecular weight excluding hydrogens is 397 g/mol. The zero-order valence-electron chi connectivity index (χ0n) is 14.3. The molecule has 0 aliphatic heterocycles. The molecule has 0 unspecified atom stereocenters. The second-order valence-corrected chi connectivity index (χ2v) is 7.01. The van der Waals surface area contributed by atoms with Gasteiger partial charge in [0.25, 0.3) is 0 Å². The van der Waals surface area contributed by atoms with Gasteiger partial charge in [-0.15, -0.1) is 0 Å². The highest BCUT2D eigenvalue weighted by Gasteiger charge is 2.31. The first-order chi connectivity index (χ1) is 13.2. The number of fused-ring (bicyclic) bond motifs is 1. The zero-order valence-corrected chi connectivity index (χ0v) is 15.1. The predicted octanol–water partition coefficient (Wildman–Crippen LogP) is 5.18. The van der Waals surface area contributed by atoms with Crippen molar-refractivity contribution in [3.8, 4) is 0 Å². The van der Waals surface area contributed by atoms with Crippen LogP contribution in [0.15, 0.2) is 36.5 Å². The Morgan fingerprint density at radius 2 is 2.07 bits per heavy atom. The monoisotopic (exact) mass is 410 g/mol. The lowest BCUT2D eigenvalue weighted by molar-refractivity contribution is -0.127. The Balaban J connectivity index is 1.83. The van der Waals surface area contributed by atoms with E-state index in [1.807, 2.05) is 0 Å². The third kappa shape index (κ3) is 3.62. The van der Waals surface area contributed by atoms with Gasteiger partial charge in [0.05, 0.1) is 18.3 Å². The number of halogens is 4. The van der Waals surface area contributed by atoms with Crippen LogP contribution in [0.1, 0.15) is 29.9 Å². The fourth-order valence-corrected chi connectivity index (χ4v) is 3.33. The quantitative estimate of drug-likeness (QED) is 0.601. The topological polar surface area (TPSA) is 70.7 Å². The van der Waals surface area contributed by atoms with E-state index in [4.69, 9.17) is 11.6 Å². The second kappa shape index (κ2) is 6.66. The highest BCUT2D eigenvalue weighted by Crippen LogP contribution is 2.42. The summed E-state index contributed by atoms with van der Waals surface area (Å²) in [5.74, 6) is 0.392. The molecule has 1 fully saturated rings. The molecule has 0 spiro atoms. The summed E-state index contributed by atoms with van der Waals surface area (Å²) in [6, 6.07) is 6.60. The Kier molecular flexibility index (Phi) is 4.41. The number of benzene rings is 1. The number of hydrogen-bond donors (Lipinski definition) is 1. The Bertz CT molecular complexity index is 1060. The van der Waals surface area contributed by atoms with Gasteiger partial charge < -0.3 is 5.11 Å². The van der Waals surface area contributed by atoms with E-state index < -0.39 is 18.7 Å². The lowest BCUT2D eigenvalue weighted by Crippen LogP contribution is -2.26. The van der Waals surface area contributed by atoms with Crippen molar-refractivity contribution in [2.75, 3.05) is 4.90 Å². The Morgan fingerprint density at radius 3 is 2.71 bits per heavy atom. The summed E-state index contributed by atoms with van der Waals surface area (Å²) < 4.78 is 39.5. The number of rotatable bonds is 4. The molecule has 1 aliphatic rings. The van der Waals surface area contributed by atoms with E-state index >= 15 is 0 Å². The number of amides is 1. The van der Waals surface area contributed by atoms with E-state index in [1.54, 1.807) is 6.20 Å². The fraction of sp³-hybridized carbons (Fsp3) is 0.278. The van der Waals surface area contributed by atoms with E-state index in [9.17, 15) is 23.1 Å². The molecule has 6 nitrogen and oxygen atoms in total. The van der Waals surface area contributed by atoms with Crippen LogP contribution in [0, 0.1) is 0 Å². The molecule has 2 heterocycles. The highest BCUT2D eigenvalue weighted by molar-refractivity contribution is 6.29. The van der Waals surface area contributed by atoms with Gasteiger partial charge in [0, 0.05) is 11.6 Å². The molecule has 4 rings (SSSR count). The van der Waals surface area contributed by atoms with E-state index in [-0.39, 0.29) is 22.2 Å². The van der Waals surface area contributed by atoms with E-state index in [0.717, 1.165) is 23.3 Å². The summed E-state index contributed by atoms with van der Waals surface area (Å²) in [5.41, 5.74) is 1.33. The van der Waals surface area contributed by atoms with Gasteiger partial charge in [-0.3, -0.25) is 0 Å². The number of anilines is 2. The van der Waals surface area contributed by atoms with E-state index in [1.165, 1.54) is 34.8 Å². The minimum absolute atomic E-state index is 0.0493. The van der Waals surface area contributed by atoms with Crippen LogP contribution in [-0.2, 0) is 6.42 Å². The van der Waals surface area contributed by atoms with Gasteiger partial charge in [0.1, 0.15) is 11.0 Å². The van der Waals surface area contributed by atoms with Crippen LogP contribution in [0.2, 0.25) is 5.15 Å². The van der Waals surface area contributed by atoms with E-state index in [0.29, 0.717) is 11.6 Å². The number of carbonyl (C=O) groups is 1. The molecule has 0 bridgehead atoms. The summed E-state index contributed by atoms with van der Waals surface area (Å²) in [6.07, 6.45) is -3.33. The molecule has 1 amide bonds. The third-order valence-corrected chi connectivity index (χ3v) is 4.65. The summed E-state index contributed by atoms with van der Waals surface area (Å²) in [6.45, 7) is 0.